The quantitative estimate of drug-likeness (QED) is 0.868. The highest BCUT2D eigenvalue weighted by molar-refractivity contribution is 6.31. The fourth-order valence-corrected chi connectivity index (χ4v) is 2.10. The fraction of sp³-hybridized carbons (Fsp3) is 0.273. The molecule has 0 bridgehead atoms. The SMILES string of the molecule is NC(=O)CCn1c(CCl)nc2cc(Cl)ccc21. The van der Waals surface area contributed by atoms with Crippen LogP contribution in [0.15, 0.2) is 18.2 Å². The number of hydrogen-bond acceptors (Lipinski definition) is 2. The zero-order valence-electron chi connectivity index (χ0n) is 8.99. The Kier molecular flexibility index (Phi) is 3.54. The molecule has 0 aliphatic carbocycles. The molecule has 1 aromatic heterocycles. The van der Waals surface area contributed by atoms with Gasteiger partial charge in [-0.3, -0.25) is 4.79 Å². The molecule has 0 unspecified atom stereocenters. The first-order chi connectivity index (χ1) is 8.11. The maximum atomic E-state index is 10.8. The van der Waals surface area contributed by atoms with Gasteiger partial charge in [0.2, 0.25) is 5.91 Å². The lowest BCUT2D eigenvalue weighted by atomic mass is 10.3. The summed E-state index contributed by atoms with van der Waals surface area (Å²) in [6.45, 7) is 0.482. The van der Waals surface area contributed by atoms with Crippen molar-refractivity contribution in [1.82, 2.24) is 9.55 Å². The lowest BCUT2D eigenvalue weighted by Crippen LogP contribution is -2.14. The molecule has 0 saturated carbocycles. The molecule has 1 aromatic carbocycles. The number of aromatic nitrogens is 2. The predicted molar refractivity (Wildman–Crippen MR) is 68.1 cm³/mol. The third-order valence-corrected chi connectivity index (χ3v) is 2.96. The molecule has 0 atom stereocenters. The fourth-order valence-electron chi connectivity index (χ4n) is 1.73. The Morgan fingerprint density at radius 3 is 2.88 bits per heavy atom. The van der Waals surface area contributed by atoms with Gasteiger partial charge in [0.15, 0.2) is 0 Å². The molecule has 0 aliphatic heterocycles. The Morgan fingerprint density at radius 1 is 1.47 bits per heavy atom. The number of halogens is 2. The number of imidazole rings is 1. The summed E-state index contributed by atoms with van der Waals surface area (Å²) in [4.78, 5) is 15.2. The summed E-state index contributed by atoms with van der Waals surface area (Å²) in [6, 6.07) is 5.42. The van der Waals surface area contributed by atoms with Gasteiger partial charge in [-0.15, -0.1) is 11.6 Å². The van der Waals surface area contributed by atoms with Crippen LogP contribution in [0.25, 0.3) is 11.0 Å². The van der Waals surface area contributed by atoms with Crippen LogP contribution in [-0.2, 0) is 17.2 Å². The molecule has 0 aliphatic rings. The van der Waals surface area contributed by atoms with Gasteiger partial charge in [0.1, 0.15) is 5.82 Å². The highest BCUT2D eigenvalue weighted by atomic mass is 35.5. The monoisotopic (exact) mass is 271 g/mol. The van der Waals surface area contributed by atoms with Crippen molar-refractivity contribution < 1.29 is 4.79 Å². The maximum absolute atomic E-state index is 10.8. The second-order valence-corrected chi connectivity index (χ2v) is 4.37. The van der Waals surface area contributed by atoms with Crippen LogP contribution in [0.1, 0.15) is 12.2 Å². The number of carbonyl (C=O) groups excluding carboxylic acids is 1. The van der Waals surface area contributed by atoms with Crippen molar-refractivity contribution in [3.8, 4) is 0 Å². The number of aryl methyl sites for hydroxylation is 1. The Morgan fingerprint density at radius 2 is 2.24 bits per heavy atom. The van der Waals surface area contributed by atoms with Crippen molar-refractivity contribution in [1.29, 1.82) is 0 Å². The highest BCUT2D eigenvalue weighted by Gasteiger charge is 2.10. The molecule has 1 amide bonds. The summed E-state index contributed by atoms with van der Waals surface area (Å²) in [5, 5.41) is 0.623. The number of rotatable bonds is 4. The van der Waals surface area contributed by atoms with E-state index in [2.05, 4.69) is 4.98 Å². The lowest BCUT2D eigenvalue weighted by Gasteiger charge is -2.05. The molecule has 4 nitrogen and oxygen atoms in total. The van der Waals surface area contributed by atoms with E-state index in [1.807, 2.05) is 10.6 Å². The van der Waals surface area contributed by atoms with Crippen molar-refractivity contribution in [3.05, 3.63) is 29.0 Å². The number of hydrogen-bond donors (Lipinski definition) is 1. The van der Waals surface area contributed by atoms with E-state index in [-0.39, 0.29) is 18.2 Å². The van der Waals surface area contributed by atoms with Crippen molar-refractivity contribution in [2.75, 3.05) is 0 Å². The number of amides is 1. The summed E-state index contributed by atoms with van der Waals surface area (Å²) in [6.07, 6.45) is 0.262. The topological polar surface area (TPSA) is 60.9 Å². The number of carbonyl (C=O) groups is 1. The Labute approximate surface area is 108 Å². The normalized spacial score (nSPS) is 10.9. The maximum Gasteiger partial charge on any atom is 0.219 e. The number of nitrogens with two attached hydrogens (primary N) is 1. The standard InChI is InChI=1S/C11H11Cl2N3O/c12-6-11-15-8-5-7(13)1-2-9(8)16(11)4-3-10(14)17/h1-2,5H,3-4,6H2,(H2,14,17). The van der Waals surface area contributed by atoms with E-state index in [1.165, 1.54) is 0 Å². The van der Waals surface area contributed by atoms with Gasteiger partial charge < -0.3 is 10.3 Å². The molecule has 0 saturated heterocycles. The third kappa shape index (κ3) is 2.53. The first kappa shape index (κ1) is 12.2. The van der Waals surface area contributed by atoms with Gasteiger partial charge in [-0.1, -0.05) is 11.6 Å². The number of alkyl halides is 1. The van der Waals surface area contributed by atoms with Gasteiger partial charge in [0, 0.05) is 18.0 Å². The van der Waals surface area contributed by atoms with E-state index >= 15 is 0 Å². The molecule has 2 N–H and O–H groups in total. The van der Waals surface area contributed by atoms with Gasteiger partial charge in [-0.25, -0.2) is 4.98 Å². The largest absolute Gasteiger partial charge is 0.370 e. The second kappa shape index (κ2) is 4.94. The summed E-state index contributed by atoms with van der Waals surface area (Å²) < 4.78 is 1.89. The third-order valence-electron chi connectivity index (χ3n) is 2.49. The minimum atomic E-state index is -0.346. The average Bonchev–Trinajstić information content (AvgIpc) is 2.63. The average molecular weight is 272 g/mol. The highest BCUT2D eigenvalue weighted by Crippen LogP contribution is 2.21. The smallest absolute Gasteiger partial charge is 0.219 e. The number of nitrogens with zero attached hydrogens (tertiary/aromatic N) is 2. The molecule has 0 radical (unpaired) electrons. The zero-order chi connectivity index (χ0) is 12.4. The van der Waals surface area contributed by atoms with Gasteiger partial charge in [-0.2, -0.15) is 0 Å². The summed E-state index contributed by atoms with van der Waals surface area (Å²) in [7, 11) is 0. The van der Waals surface area contributed by atoms with Crippen LogP contribution in [-0.4, -0.2) is 15.5 Å². The van der Waals surface area contributed by atoms with Crippen molar-refractivity contribution >= 4 is 40.1 Å². The van der Waals surface area contributed by atoms with Crippen LogP contribution in [0.3, 0.4) is 0 Å². The summed E-state index contributed by atoms with van der Waals surface area (Å²) in [5.41, 5.74) is 6.83. The minimum Gasteiger partial charge on any atom is -0.370 e. The second-order valence-electron chi connectivity index (χ2n) is 3.66. The molecule has 90 valence electrons. The van der Waals surface area contributed by atoms with E-state index in [9.17, 15) is 4.79 Å². The lowest BCUT2D eigenvalue weighted by molar-refractivity contribution is -0.118. The predicted octanol–water partition coefficient (Wildman–Crippen LogP) is 2.30. The van der Waals surface area contributed by atoms with E-state index in [0.29, 0.717) is 17.4 Å². The van der Waals surface area contributed by atoms with Crippen LogP contribution in [0.5, 0.6) is 0 Å². The van der Waals surface area contributed by atoms with Crippen LogP contribution >= 0.6 is 23.2 Å². The van der Waals surface area contributed by atoms with Crippen molar-refractivity contribution in [3.63, 3.8) is 0 Å². The molecule has 2 rings (SSSR count). The van der Waals surface area contributed by atoms with Gasteiger partial charge in [-0.05, 0) is 18.2 Å². The van der Waals surface area contributed by atoms with E-state index in [4.69, 9.17) is 28.9 Å². The Hall–Kier alpha value is -1.26. The van der Waals surface area contributed by atoms with Gasteiger partial charge in [0.05, 0.1) is 16.9 Å². The van der Waals surface area contributed by atoms with Crippen molar-refractivity contribution in [2.24, 2.45) is 5.73 Å². The molecule has 0 spiro atoms. The minimum absolute atomic E-state index is 0.262. The molecule has 6 heteroatoms. The Balaban J connectivity index is 2.47. The molecular weight excluding hydrogens is 261 g/mol. The van der Waals surface area contributed by atoms with Crippen LogP contribution < -0.4 is 5.73 Å². The number of benzene rings is 1. The van der Waals surface area contributed by atoms with E-state index in [1.54, 1.807) is 12.1 Å². The Bertz CT molecular complexity index is 565. The van der Waals surface area contributed by atoms with E-state index < -0.39 is 0 Å². The number of primary amides is 1. The molecular formula is C11H11Cl2N3O. The first-order valence-electron chi connectivity index (χ1n) is 5.10. The van der Waals surface area contributed by atoms with Gasteiger partial charge in [0.25, 0.3) is 0 Å². The summed E-state index contributed by atoms with van der Waals surface area (Å²) in [5.74, 6) is 0.650. The molecule has 17 heavy (non-hydrogen) atoms. The summed E-state index contributed by atoms with van der Waals surface area (Å²) >= 11 is 11.7. The van der Waals surface area contributed by atoms with Crippen LogP contribution in [0.2, 0.25) is 5.02 Å². The molecule has 1 heterocycles. The molecule has 0 fully saturated rings. The van der Waals surface area contributed by atoms with Crippen molar-refractivity contribution in [2.45, 2.75) is 18.8 Å². The molecule has 2 aromatic rings. The zero-order valence-corrected chi connectivity index (χ0v) is 10.5. The van der Waals surface area contributed by atoms with Crippen LogP contribution in [0.4, 0.5) is 0 Å². The van der Waals surface area contributed by atoms with E-state index in [0.717, 1.165) is 11.0 Å². The van der Waals surface area contributed by atoms with Gasteiger partial charge >= 0.3 is 0 Å². The van der Waals surface area contributed by atoms with Crippen LogP contribution in [0, 0.1) is 0 Å². The number of fused-ring (bicyclic) bond motifs is 1. The first-order valence-corrected chi connectivity index (χ1v) is 6.02.